The molecule has 0 spiro atoms. The summed E-state index contributed by atoms with van der Waals surface area (Å²) in [5, 5.41) is 1.10. The van der Waals surface area contributed by atoms with Gasteiger partial charge < -0.3 is 9.72 Å². The maximum absolute atomic E-state index is 5.12. The van der Waals surface area contributed by atoms with Crippen LogP contribution in [0.5, 0.6) is 5.75 Å². The highest BCUT2D eigenvalue weighted by molar-refractivity contribution is 5.78. The van der Waals surface area contributed by atoms with Crippen molar-refractivity contribution in [1.29, 1.82) is 0 Å². The van der Waals surface area contributed by atoms with E-state index in [0.29, 0.717) is 5.92 Å². The maximum atomic E-state index is 5.12. The van der Waals surface area contributed by atoms with Crippen molar-refractivity contribution < 1.29 is 6.16 Å². The molecule has 76 valence electrons. The van der Waals surface area contributed by atoms with E-state index in [9.17, 15) is 0 Å². The molecule has 0 bridgehead atoms. The van der Waals surface area contributed by atoms with Gasteiger partial charge in [0, 0.05) is 12.5 Å². The molecule has 0 fully saturated rings. The highest BCUT2D eigenvalue weighted by Crippen LogP contribution is 2.22. The Morgan fingerprint density at radius 2 is 2.21 bits per heavy atom. The van der Waals surface area contributed by atoms with Gasteiger partial charge in [0.1, 0.15) is 11.4 Å². The fraction of sp³-hybridized carbons (Fsp3) is 0.364. The Kier molecular flexibility index (Phi) is 2.15. The third-order valence-corrected chi connectivity index (χ3v) is 2.32. The number of hydrogen-bond acceptors (Lipinski definition) is 2. The lowest BCUT2D eigenvalue weighted by Crippen LogP contribution is -1.85. The first-order valence-corrected chi connectivity index (χ1v) is 4.73. The number of ether oxygens (including phenoxy) is 1. The van der Waals surface area contributed by atoms with E-state index >= 15 is 0 Å². The summed E-state index contributed by atoms with van der Waals surface area (Å²) >= 11 is 0. The van der Waals surface area contributed by atoms with E-state index in [0.717, 1.165) is 16.8 Å². The summed E-state index contributed by atoms with van der Waals surface area (Å²) in [6.07, 6.45) is 1.73. The van der Waals surface area contributed by atoms with Crippen molar-refractivity contribution in [2.45, 2.75) is 19.8 Å². The molecule has 2 heterocycles. The number of pyridine rings is 1. The number of aromatic nitrogens is 2. The summed E-state index contributed by atoms with van der Waals surface area (Å²) in [7, 11) is 1.65. The van der Waals surface area contributed by atoms with Crippen LogP contribution in [-0.4, -0.2) is 17.1 Å². The smallest absolute Gasteiger partial charge is 0.137 e. The second-order valence-electron chi connectivity index (χ2n) is 3.69. The second kappa shape index (κ2) is 3.33. The fourth-order valence-electron chi connectivity index (χ4n) is 1.44. The molecule has 2 aromatic rings. The first-order valence-electron chi connectivity index (χ1n) is 4.73. The summed E-state index contributed by atoms with van der Waals surface area (Å²) in [5.41, 5.74) is 2.13. The molecule has 2 rings (SSSR count). The minimum Gasteiger partial charge on any atom is -0.495 e. The molecule has 3 heteroatoms. The van der Waals surface area contributed by atoms with Crippen LogP contribution in [0, 0.1) is 0 Å². The van der Waals surface area contributed by atoms with Gasteiger partial charge in [-0.05, 0) is 18.1 Å². The van der Waals surface area contributed by atoms with Crippen LogP contribution in [0.4, 0.5) is 0 Å². The van der Waals surface area contributed by atoms with Crippen molar-refractivity contribution in [1.82, 2.24) is 9.97 Å². The van der Waals surface area contributed by atoms with Gasteiger partial charge in [-0.15, -0.1) is 0 Å². The number of H-pyrrole nitrogens is 1. The molecule has 0 atom stereocenters. The zero-order chi connectivity index (χ0) is 10.1. The number of fused-ring (bicyclic) bond motifs is 1. The van der Waals surface area contributed by atoms with Crippen LogP contribution in [0.15, 0.2) is 18.3 Å². The van der Waals surface area contributed by atoms with E-state index in [1.165, 1.54) is 5.69 Å². The Hall–Kier alpha value is -1.51. The lowest BCUT2D eigenvalue weighted by Gasteiger charge is -1.97. The maximum Gasteiger partial charge on any atom is 0.137 e. The van der Waals surface area contributed by atoms with E-state index < -0.39 is 0 Å². The van der Waals surface area contributed by atoms with E-state index in [1.54, 1.807) is 13.3 Å². The summed E-state index contributed by atoms with van der Waals surface area (Å²) in [5.74, 6) is 1.29. The molecule has 1 N–H and O–H groups in total. The molecule has 0 saturated heterocycles. The average molecular weight is 192 g/mol. The number of nitrogens with zero attached hydrogens (tertiary/aromatic N) is 1. The topological polar surface area (TPSA) is 37.9 Å². The predicted molar refractivity (Wildman–Crippen MR) is 58.8 cm³/mol. The van der Waals surface area contributed by atoms with Crippen molar-refractivity contribution in [2.75, 3.05) is 7.11 Å². The van der Waals surface area contributed by atoms with Gasteiger partial charge >= 0.3 is 0 Å². The molecule has 3 nitrogen and oxygen atoms in total. The van der Waals surface area contributed by atoms with Crippen LogP contribution < -0.4 is 4.74 Å². The Morgan fingerprint density at radius 1 is 1.43 bits per heavy atom. The molecule has 0 saturated carbocycles. The van der Waals surface area contributed by atoms with Gasteiger partial charge in [-0.3, -0.25) is 0 Å². The Morgan fingerprint density at radius 3 is 2.86 bits per heavy atom. The van der Waals surface area contributed by atoms with Crippen molar-refractivity contribution >= 4 is 11.0 Å². The lowest BCUT2D eigenvalue weighted by molar-refractivity contribution is 0.413. The summed E-state index contributed by atoms with van der Waals surface area (Å²) in [6.45, 7) is 4.31. The number of methoxy groups -OCH3 is 1. The van der Waals surface area contributed by atoms with Gasteiger partial charge in [-0.25, -0.2) is 4.98 Å². The first kappa shape index (κ1) is 9.06. The molecular weight excluding hydrogens is 176 g/mol. The molecule has 0 aliphatic heterocycles. The standard InChI is InChI=1S/C11H14N2O.H2/c1-7(2)10-5-8-4-9(14-3)6-12-11(8)13-10;/h4-7H,1-3H3,(H,12,13);1H. The summed E-state index contributed by atoms with van der Waals surface area (Å²) < 4.78 is 5.12. The molecule has 0 aromatic carbocycles. The molecule has 0 amide bonds. The third kappa shape index (κ3) is 1.45. The van der Waals surface area contributed by atoms with Gasteiger partial charge in [0.15, 0.2) is 0 Å². The highest BCUT2D eigenvalue weighted by atomic mass is 16.5. The van der Waals surface area contributed by atoms with Crippen LogP contribution in [0.1, 0.15) is 26.9 Å². The van der Waals surface area contributed by atoms with Gasteiger partial charge in [-0.1, -0.05) is 13.8 Å². The Balaban J connectivity index is 0.00000112. The molecule has 0 aliphatic rings. The minimum atomic E-state index is 0. The quantitative estimate of drug-likeness (QED) is 0.794. The van der Waals surface area contributed by atoms with Crippen LogP contribution >= 0.6 is 0 Å². The lowest BCUT2D eigenvalue weighted by atomic mass is 10.1. The second-order valence-corrected chi connectivity index (χ2v) is 3.69. The summed E-state index contributed by atoms with van der Waals surface area (Å²) in [6, 6.07) is 4.11. The molecule has 0 unspecified atom stereocenters. The van der Waals surface area contributed by atoms with Crippen LogP contribution in [0.2, 0.25) is 0 Å². The third-order valence-electron chi connectivity index (χ3n) is 2.32. The van der Waals surface area contributed by atoms with Gasteiger partial charge in [0.05, 0.1) is 13.3 Å². The zero-order valence-electron chi connectivity index (χ0n) is 8.66. The molecule has 14 heavy (non-hydrogen) atoms. The minimum absolute atomic E-state index is 0. The van der Waals surface area contributed by atoms with E-state index in [1.807, 2.05) is 6.07 Å². The number of hydrogen-bond donors (Lipinski definition) is 1. The van der Waals surface area contributed by atoms with Gasteiger partial charge in [-0.2, -0.15) is 0 Å². The monoisotopic (exact) mass is 192 g/mol. The molecule has 2 aromatic heterocycles. The van der Waals surface area contributed by atoms with Crippen LogP contribution in [-0.2, 0) is 0 Å². The van der Waals surface area contributed by atoms with Crippen molar-refractivity contribution in [3.8, 4) is 5.75 Å². The first-order chi connectivity index (χ1) is 6.70. The number of aromatic amines is 1. The van der Waals surface area contributed by atoms with Crippen LogP contribution in [0.25, 0.3) is 11.0 Å². The van der Waals surface area contributed by atoms with Gasteiger partial charge in [0.2, 0.25) is 0 Å². The summed E-state index contributed by atoms with van der Waals surface area (Å²) in [4.78, 5) is 7.55. The molecule has 0 aliphatic carbocycles. The normalized spacial score (nSPS) is 11.1. The largest absolute Gasteiger partial charge is 0.495 e. The van der Waals surface area contributed by atoms with Crippen LogP contribution in [0.3, 0.4) is 0 Å². The molecule has 0 radical (unpaired) electrons. The predicted octanol–water partition coefficient (Wildman–Crippen LogP) is 2.94. The highest BCUT2D eigenvalue weighted by Gasteiger charge is 2.05. The fourth-order valence-corrected chi connectivity index (χ4v) is 1.44. The average Bonchev–Trinajstić information content (AvgIpc) is 2.59. The van der Waals surface area contributed by atoms with E-state index in [2.05, 4.69) is 29.9 Å². The number of nitrogens with one attached hydrogen (secondary N) is 1. The Bertz CT molecular complexity index is 451. The van der Waals surface area contributed by atoms with E-state index in [-0.39, 0.29) is 1.43 Å². The van der Waals surface area contributed by atoms with E-state index in [4.69, 9.17) is 4.74 Å². The van der Waals surface area contributed by atoms with Crippen molar-refractivity contribution in [2.24, 2.45) is 0 Å². The van der Waals surface area contributed by atoms with Crippen molar-refractivity contribution in [3.05, 3.63) is 24.0 Å². The SMILES string of the molecule is COc1cnc2[nH]c(C(C)C)cc2c1.[HH]. The van der Waals surface area contributed by atoms with Crippen molar-refractivity contribution in [3.63, 3.8) is 0 Å². The zero-order valence-corrected chi connectivity index (χ0v) is 8.66. The number of rotatable bonds is 2. The van der Waals surface area contributed by atoms with Gasteiger partial charge in [0.25, 0.3) is 0 Å². The molecular formula is C11H16N2O. The Labute approximate surface area is 84.6 Å².